The van der Waals surface area contributed by atoms with Crippen molar-refractivity contribution < 1.29 is 17.9 Å². The molecule has 0 radical (unpaired) electrons. The number of nitrogens with zero attached hydrogens (tertiary/aromatic N) is 3. The largest absolute Gasteiger partial charge is 0.460 e. The maximum atomic E-state index is 14.3. The van der Waals surface area contributed by atoms with Gasteiger partial charge in [0, 0.05) is 36.8 Å². The predicted molar refractivity (Wildman–Crippen MR) is 162 cm³/mol. The van der Waals surface area contributed by atoms with E-state index in [9.17, 15) is 18.5 Å². The topological polar surface area (TPSA) is 100 Å². The van der Waals surface area contributed by atoms with Crippen LogP contribution in [-0.4, -0.2) is 35.8 Å². The zero-order valence-electron chi connectivity index (χ0n) is 24.4. The van der Waals surface area contributed by atoms with Crippen LogP contribution in [0.4, 0.5) is 0 Å². The van der Waals surface area contributed by atoms with Gasteiger partial charge in [-0.2, -0.15) is 9.57 Å². The van der Waals surface area contributed by atoms with Crippen molar-refractivity contribution in [3.8, 4) is 17.2 Å². The molecule has 7 nitrogen and oxygen atoms in total. The Morgan fingerprint density at radius 3 is 2.54 bits per heavy atom. The zero-order chi connectivity index (χ0) is 30.2. The Balaban J connectivity index is 2.09. The first-order valence-corrected chi connectivity index (χ1v) is 15.5. The molecule has 41 heavy (non-hydrogen) atoms. The minimum atomic E-state index is -4.05. The monoisotopic (exact) mass is 595 g/mol. The molecule has 1 unspecified atom stereocenters. The number of rotatable bonds is 12. The van der Waals surface area contributed by atoms with Gasteiger partial charge in [-0.25, -0.2) is 8.42 Å². The number of benzene rings is 2. The fourth-order valence-electron chi connectivity index (χ4n) is 4.77. The summed E-state index contributed by atoms with van der Waals surface area (Å²) in [6.07, 6.45) is 5.09. The summed E-state index contributed by atoms with van der Waals surface area (Å²) in [7, 11) is -4.05. The van der Waals surface area contributed by atoms with Gasteiger partial charge in [-0.15, -0.1) is 0 Å². The lowest BCUT2D eigenvalue weighted by molar-refractivity contribution is -0.154. The van der Waals surface area contributed by atoms with Crippen LogP contribution in [0.1, 0.15) is 75.6 Å². The van der Waals surface area contributed by atoms with Crippen molar-refractivity contribution >= 4 is 27.6 Å². The first kappa shape index (κ1) is 32.3. The molecule has 0 aliphatic carbocycles. The van der Waals surface area contributed by atoms with Crippen LogP contribution in [0.5, 0.6) is 0 Å². The molecule has 0 bridgehead atoms. The molecule has 0 aliphatic heterocycles. The summed E-state index contributed by atoms with van der Waals surface area (Å²) in [5, 5.41) is 9.62. The van der Waals surface area contributed by atoms with E-state index in [4.69, 9.17) is 16.3 Å². The summed E-state index contributed by atoms with van der Waals surface area (Å²) in [5.74, 6) is -0.384. The highest BCUT2D eigenvalue weighted by Gasteiger charge is 2.34. The molecule has 0 spiro atoms. The van der Waals surface area contributed by atoms with Gasteiger partial charge in [-0.3, -0.25) is 9.78 Å². The van der Waals surface area contributed by atoms with E-state index in [0.717, 1.165) is 22.3 Å². The molecule has 1 atom stereocenters. The van der Waals surface area contributed by atoms with Gasteiger partial charge in [0.05, 0.1) is 17.0 Å². The van der Waals surface area contributed by atoms with Crippen molar-refractivity contribution in [2.45, 2.75) is 83.3 Å². The zero-order valence-corrected chi connectivity index (χ0v) is 25.9. The predicted octanol–water partition coefficient (Wildman–Crippen LogP) is 7.57. The van der Waals surface area contributed by atoms with E-state index in [1.165, 1.54) is 4.31 Å². The summed E-state index contributed by atoms with van der Waals surface area (Å²) in [6, 6.07) is 16.2. The third-order valence-electron chi connectivity index (χ3n) is 6.70. The molecule has 3 aromatic rings. The number of aryl methyl sites for hydroxylation is 1. The highest BCUT2D eigenvalue weighted by molar-refractivity contribution is 7.89. The molecule has 3 rings (SSSR count). The molecule has 0 saturated heterocycles. The Labute approximate surface area is 249 Å². The van der Waals surface area contributed by atoms with E-state index >= 15 is 0 Å². The fourth-order valence-corrected chi connectivity index (χ4v) is 6.93. The summed E-state index contributed by atoms with van der Waals surface area (Å²) >= 11 is 6.35. The lowest BCUT2D eigenvalue weighted by atomic mass is 9.95. The number of carbonyl (C=O) groups is 1. The maximum Gasteiger partial charge on any atom is 0.306 e. The van der Waals surface area contributed by atoms with Gasteiger partial charge in [-0.1, -0.05) is 35.9 Å². The van der Waals surface area contributed by atoms with Crippen molar-refractivity contribution in [1.29, 1.82) is 5.26 Å². The molecular formula is C32H38ClN3O4S. The van der Waals surface area contributed by atoms with Gasteiger partial charge in [0.15, 0.2) is 0 Å². The normalized spacial score (nSPS) is 12.6. The minimum Gasteiger partial charge on any atom is -0.460 e. The molecule has 0 fully saturated rings. The number of sulfonamides is 1. The molecule has 0 saturated carbocycles. The van der Waals surface area contributed by atoms with Crippen LogP contribution < -0.4 is 0 Å². The number of carbonyl (C=O) groups excluding carboxylic acids is 1. The summed E-state index contributed by atoms with van der Waals surface area (Å²) in [6.45, 7) is 9.15. The summed E-state index contributed by atoms with van der Waals surface area (Å²) < 4.78 is 35.6. The number of pyridine rings is 1. The van der Waals surface area contributed by atoms with Gasteiger partial charge in [0.25, 0.3) is 0 Å². The second-order valence-corrected chi connectivity index (χ2v) is 13.3. The first-order chi connectivity index (χ1) is 19.3. The van der Waals surface area contributed by atoms with Crippen molar-refractivity contribution in [1.82, 2.24) is 9.29 Å². The fraction of sp³-hybridized carbons (Fsp3) is 0.406. The number of nitriles is 1. The van der Waals surface area contributed by atoms with Gasteiger partial charge in [0.1, 0.15) is 5.60 Å². The van der Waals surface area contributed by atoms with E-state index in [1.807, 2.05) is 37.3 Å². The molecule has 0 N–H and O–H groups in total. The van der Waals surface area contributed by atoms with E-state index in [-0.39, 0.29) is 30.3 Å². The van der Waals surface area contributed by atoms with Crippen LogP contribution in [0, 0.1) is 25.2 Å². The molecule has 2 aromatic carbocycles. The third kappa shape index (κ3) is 8.62. The first-order valence-electron chi connectivity index (χ1n) is 13.7. The van der Waals surface area contributed by atoms with E-state index in [0.29, 0.717) is 29.8 Å². The van der Waals surface area contributed by atoms with Gasteiger partial charge < -0.3 is 4.74 Å². The number of hydrogen-bond donors (Lipinski definition) is 0. The van der Waals surface area contributed by atoms with Gasteiger partial charge >= 0.3 is 5.97 Å². The van der Waals surface area contributed by atoms with E-state index in [2.05, 4.69) is 11.1 Å². The second kappa shape index (κ2) is 14.1. The molecule has 0 amide bonds. The third-order valence-corrected chi connectivity index (χ3v) is 9.16. The van der Waals surface area contributed by atoms with Crippen molar-refractivity contribution in [2.24, 2.45) is 0 Å². The van der Waals surface area contributed by atoms with Crippen molar-refractivity contribution in [2.75, 3.05) is 6.54 Å². The summed E-state index contributed by atoms with van der Waals surface area (Å²) in [5.41, 5.74) is 3.58. The quantitative estimate of drug-likeness (QED) is 0.158. The van der Waals surface area contributed by atoms with Crippen LogP contribution in [0.25, 0.3) is 11.1 Å². The molecular weight excluding hydrogens is 558 g/mol. The standard InChI is InChI=1S/C32H38ClN3O4S/c1-23-22-35-19-17-27(23)25-11-8-12-26(21-25)29(14-6-7-18-34)36(20-10-16-31(37)40-32(3,4)5)41(38,39)30-15-9-13-28(33)24(30)2/h8-9,11-13,15,17,19,21-22,29H,6-7,10,14,16,20H2,1-5H3. The number of halogens is 1. The number of unbranched alkanes of at least 4 members (excludes halogenated alkanes) is 1. The van der Waals surface area contributed by atoms with Crippen LogP contribution >= 0.6 is 11.6 Å². The summed E-state index contributed by atoms with van der Waals surface area (Å²) in [4.78, 5) is 16.8. The second-order valence-electron chi connectivity index (χ2n) is 11.1. The van der Waals surface area contributed by atoms with Crippen LogP contribution in [0.2, 0.25) is 5.02 Å². The average Bonchev–Trinajstić information content (AvgIpc) is 2.90. The molecule has 1 aromatic heterocycles. The number of aromatic nitrogens is 1. The molecule has 0 aliphatic rings. The highest BCUT2D eigenvalue weighted by atomic mass is 35.5. The van der Waals surface area contributed by atoms with Crippen LogP contribution in [-0.2, 0) is 19.6 Å². The minimum absolute atomic E-state index is 0.0684. The SMILES string of the molecule is Cc1cnccc1-c1cccc(C(CCCC#N)N(CCCC(=O)OC(C)(C)C)S(=O)(=O)c2cccc(Cl)c2C)c1. The smallest absolute Gasteiger partial charge is 0.306 e. The Hall–Kier alpha value is -3.25. The Bertz CT molecular complexity index is 1510. The van der Waals surface area contributed by atoms with Crippen LogP contribution in [0.15, 0.2) is 65.8 Å². The highest BCUT2D eigenvalue weighted by Crippen LogP contribution is 2.36. The van der Waals surface area contributed by atoms with E-state index in [1.54, 1.807) is 58.3 Å². The Morgan fingerprint density at radius 2 is 1.85 bits per heavy atom. The molecule has 9 heteroatoms. The van der Waals surface area contributed by atoms with Gasteiger partial charge in [-0.05, 0) is 106 Å². The number of esters is 1. The lowest BCUT2D eigenvalue weighted by Crippen LogP contribution is -2.37. The molecule has 218 valence electrons. The van der Waals surface area contributed by atoms with E-state index < -0.39 is 21.7 Å². The lowest BCUT2D eigenvalue weighted by Gasteiger charge is -2.32. The average molecular weight is 596 g/mol. The van der Waals surface area contributed by atoms with Crippen molar-refractivity contribution in [3.63, 3.8) is 0 Å². The van der Waals surface area contributed by atoms with Gasteiger partial charge in [0.2, 0.25) is 10.0 Å². The Kier molecular flexibility index (Phi) is 11.1. The molecule has 1 heterocycles. The van der Waals surface area contributed by atoms with Crippen molar-refractivity contribution in [3.05, 3.63) is 82.6 Å². The number of hydrogen-bond acceptors (Lipinski definition) is 6. The number of ether oxygens (including phenoxy) is 1. The maximum absolute atomic E-state index is 14.3. The Morgan fingerprint density at radius 1 is 1.12 bits per heavy atom. The van der Waals surface area contributed by atoms with Crippen LogP contribution in [0.3, 0.4) is 0 Å².